The van der Waals surface area contributed by atoms with Crippen molar-refractivity contribution in [3.63, 3.8) is 0 Å². The van der Waals surface area contributed by atoms with Gasteiger partial charge in [0.25, 0.3) is 0 Å². The first-order valence-electron chi connectivity index (χ1n) is 6.68. The number of fused-ring (bicyclic) bond motifs is 1. The van der Waals surface area contributed by atoms with Crippen molar-refractivity contribution in [3.8, 4) is 0 Å². The van der Waals surface area contributed by atoms with Crippen LogP contribution in [0.1, 0.15) is 25.3 Å². The third-order valence-corrected chi connectivity index (χ3v) is 4.03. The summed E-state index contributed by atoms with van der Waals surface area (Å²) in [5.74, 6) is 0.164. The van der Waals surface area contributed by atoms with Crippen LogP contribution in [0.5, 0.6) is 0 Å². The van der Waals surface area contributed by atoms with E-state index in [1.165, 1.54) is 0 Å². The molecule has 3 heterocycles. The van der Waals surface area contributed by atoms with E-state index in [-0.39, 0.29) is 23.9 Å². The summed E-state index contributed by atoms with van der Waals surface area (Å²) in [6.45, 7) is 3.03. The summed E-state index contributed by atoms with van der Waals surface area (Å²) in [7, 11) is 0. The fourth-order valence-electron chi connectivity index (χ4n) is 2.94. The number of hydrogen-bond donors (Lipinski definition) is 0. The number of hydrogen-bond acceptors (Lipinski definition) is 3. The quantitative estimate of drug-likeness (QED) is 0.789. The summed E-state index contributed by atoms with van der Waals surface area (Å²) in [6, 6.07) is 3.16. The van der Waals surface area contributed by atoms with Crippen molar-refractivity contribution < 1.29 is 9.59 Å². The summed E-state index contributed by atoms with van der Waals surface area (Å²) >= 11 is 0. The minimum Gasteiger partial charge on any atom is -0.329 e. The van der Waals surface area contributed by atoms with Crippen LogP contribution >= 0.6 is 0 Å². The number of nitrogens with zero attached hydrogens (tertiary/aromatic N) is 3. The average molecular weight is 259 g/mol. The van der Waals surface area contributed by atoms with Crippen molar-refractivity contribution in [2.24, 2.45) is 0 Å². The molecule has 0 aromatic carbocycles. The molecule has 0 N–H and O–H groups in total. The van der Waals surface area contributed by atoms with Gasteiger partial charge in [0.15, 0.2) is 0 Å². The Morgan fingerprint density at radius 2 is 2.00 bits per heavy atom. The van der Waals surface area contributed by atoms with Crippen LogP contribution in [0.3, 0.4) is 0 Å². The molecular formula is C14H17N3O2. The normalized spacial score (nSPS) is 26.8. The largest absolute Gasteiger partial charge is 0.329 e. The lowest BCUT2D eigenvalue weighted by Crippen LogP contribution is -2.61. The zero-order valence-corrected chi connectivity index (χ0v) is 11.0. The van der Waals surface area contributed by atoms with E-state index in [1.807, 2.05) is 19.1 Å². The molecule has 2 atom stereocenters. The second-order valence-electron chi connectivity index (χ2n) is 5.19. The van der Waals surface area contributed by atoms with Crippen molar-refractivity contribution >= 4 is 11.8 Å². The minimum absolute atomic E-state index is 0.0798. The van der Waals surface area contributed by atoms with Gasteiger partial charge < -0.3 is 9.80 Å². The Morgan fingerprint density at radius 1 is 1.26 bits per heavy atom. The minimum atomic E-state index is -0.366. The predicted octanol–water partition coefficient (Wildman–Crippen LogP) is 0.803. The molecule has 2 unspecified atom stereocenters. The Balaban J connectivity index is 1.84. The molecule has 2 aliphatic rings. The van der Waals surface area contributed by atoms with Crippen molar-refractivity contribution in [1.29, 1.82) is 0 Å². The van der Waals surface area contributed by atoms with Gasteiger partial charge in [-0.2, -0.15) is 0 Å². The first kappa shape index (κ1) is 12.1. The number of pyridine rings is 1. The summed E-state index contributed by atoms with van der Waals surface area (Å²) < 4.78 is 0. The molecule has 1 aromatic rings. The second kappa shape index (κ2) is 4.64. The van der Waals surface area contributed by atoms with Crippen molar-refractivity contribution in [1.82, 2.24) is 14.8 Å². The molecule has 2 fully saturated rings. The number of rotatable bonds is 2. The molecule has 2 aliphatic heterocycles. The fourth-order valence-corrected chi connectivity index (χ4v) is 2.94. The van der Waals surface area contributed by atoms with E-state index in [1.54, 1.807) is 22.2 Å². The molecule has 19 heavy (non-hydrogen) atoms. The maximum Gasteiger partial charge on any atom is 0.246 e. The van der Waals surface area contributed by atoms with Crippen LogP contribution in [0, 0.1) is 0 Å². The standard InChI is InChI=1S/C14H17N3O2/c1-10-13(18)16-8-2-3-12(16)14(19)17(10)9-11-4-6-15-7-5-11/h4-7,10,12H,2-3,8-9H2,1H3. The van der Waals surface area contributed by atoms with E-state index >= 15 is 0 Å². The van der Waals surface area contributed by atoms with Gasteiger partial charge in [0.2, 0.25) is 11.8 Å². The predicted molar refractivity (Wildman–Crippen MR) is 69.0 cm³/mol. The van der Waals surface area contributed by atoms with Crippen molar-refractivity contribution in [2.75, 3.05) is 6.54 Å². The van der Waals surface area contributed by atoms with Gasteiger partial charge in [-0.3, -0.25) is 14.6 Å². The van der Waals surface area contributed by atoms with E-state index in [2.05, 4.69) is 4.98 Å². The van der Waals surface area contributed by atoms with Crippen LogP contribution < -0.4 is 0 Å². The van der Waals surface area contributed by atoms with Gasteiger partial charge >= 0.3 is 0 Å². The van der Waals surface area contributed by atoms with Crippen LogP contribution in [-0.4, -0.2) is 45.2 Å². The highest BCUT2D eigenvalue weighted by molar-refractivity contribution is 5.97. The molecule has 0 saturated carbocycles. The summed E-state index contributed by atoms with van der Waals surface area (Å²) in [5.41, 5.74) is 1.01. The summed E-state index contributed by atoms with van der Waals surface area (Å²) in [6.07, 6.45) is 5.14. The van der Waals surface area contributed by atoms with Crippen LogP contribution in [0.4, 0.5) is 0 Å². The second-order valence-corrected chi connectivity index (χ2v) is 5.19. The highest BCUT2D eigenvalue weighted by Gasteiger charge is 2.45. The molecule has 1 aromatic heterocycles. The Labute approximate surface area is 112 Å². The van der Waals surface area contributed by atoms with Gasteiger partial charge in [0.05, 0.1) is 0 Å². The van der Waals surface area contributed by atoms with Crippen LogP contribution in [0.25, 0.3) is 0 Å². The molecule has 2 amide bonds. The summed E-state index contributed by atoms with van der Waals surface area (Å²) in [5, 5.41) is 0. The lowest BCUT2D eigenvalue weighted by molar-refractivity contribution is -0.159. The van der Waals surface area contributed by atoms with Gasteiger partial charge in [-0.25, -0.2) is 0 Å². The molecule has 2 saturated heterocycles. The summed E-state index contributed by atoms with van der Waals surface area (Å²) in [4.78, 5) is 32.2. The monoisotopic (exact) mass is 259 g/mol. The van der Waals surface area contributed by atoms with Gasteiger partial charge in [0.1, 0.15) is 12.1 Å². The van der Waals surface area contributed by atoms with E-state index in [0.29, 0.717) is 6.54 Å². The third-order valence-electron chi connectivity index (χ3n) is 4.03. The Morgan fingerprint density at radius 3 is 2.74 bits per heavy atom. The Kier molecular flexibility index (Phi) is 2.97. The number of carbonyl (C=O) groups is 2. The lowest BCUT2D eigenvalue weighted by Gasteiger charge is -2.40. The highest BCUT2D eigenvalue weighted by Crippen LogP contribution is 2.27. The molecule has 0 radical (unpaired) electrons. The smallest absolute Gasteiger partial charge is 0.246 e. The van der Waals surface area contributed by atoms with Gasteiger partial charge in [-0.05, 0) is 37.5 Å². The maximum absolute atomic E-state index is 12.5. The molecule has 0 bridgehead atoms. The zero-order valence-electron chi connectivity index (χ0n) is 11.0. The zero-order chi connectivity index (χ0) is 13.4. The highest BCUT2D eigenvalue weighted by atomic mass is 16.2. The number of aromatic nitrogens is 1. The van der Waals surface area contributed by atoms with Crippen LogP contribution in [-0.2, 0) is 16.1 Å². The van der Waals surface area contributed by atoms with E-state index < -0.39 is 0 Å². The van der Waals surface area contributed by atoms with Crippen molar-refractivity contribution in [3.05, 3.63) is 30.1 Å². The van der Waals surface area contributed by atoms with Crippen LogP contribution in [0.15, 0.2) is 24.5 Å². The average Bonchev–Trinajstić information content (AvgIpc) is 2.92. The molecule has 3 rings (SSSR count). The topological polar surface area (TPSA) is 53.5 Å². The maximum atomic E-state index is 12.5. The molecule has 5 nitrogen and oxygen atoms in total. The molecule has 0 spiro atoms. The Hall–Kier alpha value is -1.91. The van der Waals surface area contributed by atoms with Gasteiger partial charge in [-0.15, -0.1) is 0 Å². The number of amides is 2. The number of piperazine rings is 1. The van der Waals surface area contributed by atoms with E-state index in [4.69, 9.17) is 0 Å². The molecule has 100 valence electrons. The van der Waals surface area contributed by atoms with E-state index in [0.717, 1.165) is 24.9 Å². The van der Waals surface area contributed by atoms with E-state index in [9.17, 15) is 9.59 Å². The third kappa shape index (κ3) is 1.99. The van der Waals surface area contributed by atoms with Crippen LogP contribution in [0.2, 0.25) is 0 Å². The lowest BCUT2D eigenvalue weighted by atomic mass is 10.1. The SMILES string of the molecule is CC1C(=O)N2CCCC2C(=O)N1Cc1ccncc1. The number of carbonyl (C=O) groups excluding carboxylic acids is 2. The fraction of sp³-hybridized carbons (Fsp3) is 0.500. The molecule has 0 aliphatic carbocycles. The first-order chi connectivity index (χ1) is 9.18. The van der Waals surface area contributed by atoms with Gasteiger partial charge in [0, 0.05) is 25.5 Å². The first-order valence-corrected chi connectivity index (χ1v) is 6.68. The van der Waals surface area contributed by atoms with Crippen molar-refractivity contribution in [2.45, 2.75) is 38.4 Å². The molecular weight excluding hydrogens is 242 g/mol. The van der Waals surface area contributed by atoms with Gasteiger partial charge in [-0.1, -0.05) is 0 Å². The molecule has 5 heteroatoms. The Bertz CT molecular complexity index is 503.